The molecule has 0 aliphatic heterocycles. The normalized spacial score (nSPS) is 11.4. The SMILES string of the molecule is Cc1ccc(/C=C/c2ccc(N(c3ccc(-c4ccc(N(c5ccc(/C=C/c6ccc(C)c(C)c6)cc5)c5ccc(C)cc5C)cc4)cc3)c3ccc(C)cc3C)cc2)cc1. The Balaban J connectivity index is 1.06. The van der Waals surface area contributed by atoms with E-state index in [1.807, 2.05) is 0 Å². The van der Waals surface area contributed by atoms with Gasteiger partial charge in [-0.05, 0) is 165 Å². The van der Waals surface area contributed by atoms with E-state index in [1.54, 1.807) is 0 Å². The summed E-state index contributed by atoms with van der Waals surface area (Å²) in [5.41, 5.74) is 22.8. The van der Waals surface area contributed by atoms with E-state index in [2.05, 4.69) is 258 Å². The van der Waals surface area contributed by atoms with Crippen molar-refractivity contribution >= 4 is 58.4 Å². The molecule has 61 heavy (non-hydrogen) atoms. The quantitative estimate of drug-likeness (QED) is 0.120. The smallest absolute Gasteiger partial charge is 0.0490 e. The minimum atomic E-state index is 1.11. The van der Waals surface area contributed by atoms with Crippen LogP contribution >= 0.6 is 0 Å². The lowest BCUT2D eigenvalue weighted by Crippen LogP contribution is -2.11. The molecule has 0 saturated heterocycles. The van der Waals surface area contributed by atoms with Gasteiger partial charge in [0, 0.05) is 34.1 Å². The van der Waals surface area contributed by atoms with Gasteiger partial charge in [-0.25, -0.2) is 0 Å². The van der Waals surface area contributed by atoms with Crippen molar-refractivity contribution in [3.63, 3.8) is 0 Å². The summed E-state index contributed by atoms with van der Waals surface area (Å²) in [4.78, 5) is 4.73. The van der Waals surface area contributed by atoms with Crippen molar-refractivity contribution in [3.05, 3.63) is 237 Å². The lowest BCUT2D eigenvalue weighted by atomic mass is 10.0. The molecule has 8 aromatic rings. The van der Waals surface area contributed by atoms with Gasteiger partial charge in [-0.1, -0.05) is 156 Å². The van der Waals surface area contributed by atoms with Crippen molar-refractivity contribution in [1.82, 2.24) is 0 Å². The summed E-state index contributed by atoms with van der Waals surface area (Å²) in [6.45, 7) is 15.1. The molecule has 0 N–H and O–H groups in total. The zero-order valence-electron chi connectivity index (χ0n) is 36.4. The molecule has 0 amide bonds. The molecule has 8 rings (SSSR count). The average molecular weight is 791 g/mol. The first-order valence-electron chi connectivity index (χ1n) is 21.2. The molecule has 0 fully saturated rings. The van der Waals surface area contributed by atoms with Gasteiger partial charge in [-0.2, -0.15) is 0 Å². The van der Waals surface area contributed by atoms with Crippen molar-refractivity contribution in [3.8, 4) is 11.1 Å². The zero-order valence-corrected chi connectivity index (χ0v) is 36.4. The molecule has 0 atom stereocenters. The molecule has 0 heterocycles. The largest absolute Gasteiger partial charge is 0.310 e. The number of benzene rings is 8. The van der Waals surface area contributed by atoms with Crippen LogP contribution in [0.5, 0.6) is 0 Å². The summed E-state index contributed by atoms with van der Waals surface area (Å²) in [7, 11) is 0. The Morgan fingerprint density at radius 3 is 0.967 bits per heavy atom. The van der Waals surface area contributed by atoms with Crippen molar-refractivity contribution in [2.24, 2.45) is 0 Å². The summed E-state index contributed by atoms with van der Waals surface area (Å²) < 4.78 is 0. The zero-order chi connectivity index (χ0) is 42.5. The number of aryl methyl sites for hydroxylation is 7. The highest BCUT2D eigenvalue weighted by molar-refractivity contribution is 5.83. The van der Waals surface area contributed by atoms with Crippen molar-refractivity contribution in [1.29, 1.82) is 0 Å². The number of nitrogens with zero attached hydrogens (tertiary/aromatic N) is 2. The van der Waals surface area contributed by atoms with Crippen LogP contribution < -0.4 is 9.80 Å². The molecular weight excluding hydrogens is 737 g/mol. The number of hydrogen-bond acceptors (Lipinski definition) is 2. The summed E-state index contributed by atoms with van der Waals surface area (Å²) in [5, 5.41) is 0. The van der Waals surface area contributed by atoms with Crippen LogP contribution in [0.3, 0.4) is 0 Å². The maximum Gasteiger partial charge on any atom is 0.0490 e. The van der Waals surface area contributed by atoms with Gasteiger partial charge in [0.1, 0.15) is 0 Å². The topological polar surface area (TPSA) is 6.48 Å². The molecule has 8 aromatic carbocycles. The summed E-state index contributed by atoms with van der Waals surface area (Å²) >= 11 is 0. The minimum Gasteiger partial charge on any atom is -0.310 e. The lowest BCUT2D eigenvalue weighted by Gasteiger charge is -2.28. The fourth-order valence-electron chi connectivity index (χ4n) is 7.97. The van der Waals surface area contributed by atoms with Gasteiger partial charge in [0.25, 0.3) is 0 Å². The Kier molecular flexibility index (Phi) is 12.0. The molecule has 2 heteroatoms. The molecule has 2 nitrogen and oxygen atoms in total. The molecule has 0 aromatic heterocycles. The van der Waals surface area contributed by atoms with Gasteiger partial charge in [0.15, 0.2) is 0 Å². The number of rotatable bonds is 11. The van der Waals surface area contributed by atoms with E-state index in [9.17, 15) is 0 Å². The van der Waals surface area contributed by atoms with Crippen LogP contribution in [-0.2, 0) is 0 Å². The monoisotopic (exact) mass is 790 g/mol. The summed E-state index contributed by atoms with van der Waals surface area (Å²) in [5.74, 6) is 0. The van der Waals surface area contributed by atoms with Crippen molar-refractivity contribution < 1.29 is 0 Å². The van der Waals surface area contributed by atoms with Crippen molar-refractivity contribution in [2.75, 3.05) is 9.80 Å². The summed E-state index contributed by atoms with van der Waals surface area (Å²) in [6.07, 6.45) is 8.74. The molecule has 0 aliphatic carbocycles. The molecule has 0 radical (unpaired) electrons. The van der Waals surface area contributed by atoms with Crippen LogP contribution in [0.15, 0.2) is 176 Å². The van der Waals surface area contributed by atoms with E-state index < -0.39 is 0 Å². The first kappa shape index (κ1) is 40.6. The second-order valence-electron chi connectivity index (χ2n) is 16.4. The van der Waals surface area contributed by atoms with E-state index in [0.29, 0.717) is 0 Å². The van der Waals surface area contributed by atoms with Gasteiger partial charge in [0.2, 0.25) is 0 Å². The second kappa shape index (κ2) is 18.0. The Morgan fingerprint density at radius 1 is 0.262 bits per heavy atom. The molecule has 0 saturated carbocycles. The Bertz CT molecular complexity index is 2820. The van der Waals surface area contributed by atoms with Gasteiger partial charge in [0.05, 0.1) is 0 Å². The molecule has 300 valence electrons. The average Bonchev–Trinajstić information content (AvgIpc) is 3.27. The third kappa shape index (κ3) is 9.51. The van der Waals surface area contributed by atoms with Crippen LogP contribution in [0.1, 0.15) is 61.2 Å². The summed E-state index contributed by atoms with van der Waals surface area (Å²) in [6, 6.07) is 64.3. The van der Waals surface area contributed by atoms with Crippen LogP contribution in [0.4, 0.5) is 34.1 Å². The van der Waals surface area contributed by atoms with E-state index in [-0.39, 0.29) is 0 Å². The van der Waals surface area contributed by atoms with Crippen LogP contribution in [-0.4, -0.2) is 0 Å². The lowest BCUT2D eigenvalue weighted by molar-refractivity contribution is 1.23. The second-order valence-corrected chi connectivity index (χ2v) is 16.4. The third-order valence-corrected chi connectivity index (χ3v) is 11.6. The first-order valence-corrected chi connectivity index (χ1v) is 21.2. The highest BCUT2D eigenvalue weighted by Gasteiger charge is 2.17. The van der Waals surface area contributed by atoms with E-state index >= 15 is 0 Å². The first-order chi connectivity index (χ1) is 29.6. The predicted molar refractivity (Wildman–Crippen MR) is 265 cm³/mol. The maximum absolute atomic E-state index is 2.36. The van der Waals surface area contributed by atoms with E-state index in [4.69, 9.17) is 0 Å². The molecule has 0 spiro atoms. The van der Waals surface area contributed by atoms with Crippen molar-refractivity contribution in [2.45, 2.75) is 48.5 Å². The number of anilines is 6. The van der Waals surface area contributed by atoms with Crippen LogP contribution in [0, 0.1) is 48.5 Å². The van der Waals surface area contributed by atoms with Crippen LogP contribution in [0.2, 0.25) is 0 Å². The molecular formula is C59H54N2. The van der Waals surface area contributed by atoms with E-state index in [0.717, 1.165) is 28.3 Å². The number of hydrogen-bond donors (Lipinski definition) is 0. The molecule has 0 bridgehead atoms. The van der Waals surface area contributed by atoms with Gasteiger partial charge >= 0.3 is 0 Å². The standard InChI is InChI=1S/C59H54N2/c1-41-8-13-48(14-9-41)16-17-49-20-28-54(29-21-49)60(58-36-10-42(2)38-46(58)6)56-32-24-52(25-33-56)53-26-34-57(35-27-53)61(59-37-11-43(3)39-47(59)7)55-30-22-50(23-31-55)18-19-51-15-12-44(4)45(5)40-51/h8-40H,1-7H3/b17-16+,19-18+. The highest BCUT2D eigenvalue weighted by Crippen LogP contribution is 2.40. The highest BCUT2D eigenvalue weighted by atomic mass is 15.1. The third-order valence-electron chi connectivity index (χ3n) is 11.6. The van der Waals surface area contributed by atoms with Gasteiger partial charge < -0.3 is 9.80 Å². The van der Waals surface area contributed by atoms with E-state index in [1.165, 1.54) is 78.1 Å². The minimum absolute atomic E-state index is 1.11. The fourth-order valence-corrected chi connectivity index (χ4v) is 7.97. The van der Waals surface area contributed by atoms with Crippen LogP contribution in [0.25, 0.3) is 35.4 Å². The molecule has 0 unspecified atom stereocenters. The Labute approximate surface area is 363 Å². The Hall–Kier alpha value is -7.16. The molecule has 0 aliphatic rings. The fraction of sp³-hybridized carbons (Fsp3) is 0.119. The Morgan fingerprint density at radius 2 is 0.590 bits per heavy atom. The van der Waals surface area contributed by atoms with Gasteiger partial charge in [-0.15, -0.1) is 0 Å². The predicted octanol–water partition coefficient (Wildman–Crippen LogP) is 16.8. The maximum atomic E-state index is 2.36. The van der Waals surface area contributed by atoms with Gasteiger partial charge in [-0.3, -0.25) is 0 Å².